The van der Waals surface area contributed by atoms with Crippen molar-refractivity contribution in [3.63, 3.8) is 0 Å². The topological polar surface area (TPSA) is 59.7 Å². The number of hydrogen-bond donors (Lipinski definition) is 0. The van der Waals surface area contributed by atoms with Crippen LogP contribution in [-0.4, -0.2) is 51.0 Å². The van der Waals surface area contributed by atoms with Gasteiger partial charge in [0.25, 0.3) is 5.91 Å². The Balaban J connectivity index is 1.60. The normalized spacial score (nSPS) is 17.0. The molecule has 128 valence electrons. The van der Waals surface area contributed by atoms with Crippen LogP contribution in [0.5, 0.6) is 0 Å². The largest absolute Gasteiger partial charge is 0.379 e. The third kappa shape index (κ3) is 3.25. The van der Waals surface area contributed by atoms with Gasteiger partial charge < -0.3 is 14.0 Å². The molecule has 1 aliphatic rings. The van der Waals surface area contributed by atoms with Crippen molar-refractivity contribution in [3.8, 4) is 0 Å². The SMILES string of the molecule is O=C(c1nccn2ccnc12)N(CCc1ccccc1)C1CCOC1. The third-order valence-electron chi connectivity index (χ3n) is 4.61. The molecule has 6 heteroatoms. The molecular formula is C19H20N4O2. The summed E-state index contributed by atoms with van der Waals surface area (Å²) in [5, 5.41) is 0. The lowest BCUT2D eigenvalue weighted by molar-refractivity contribution is 0.0652. The molecule has 1 aliphatic heterocycles. The molecule has 1 saturated heterocycles. The van der Waals surface area contributed by atoms with Gasteiger partial charge in [0, 0.05) is 37.9 Å². The number of aromatic nitrogens is 3. The van der Waals surface area contributed by atoms with Gasteiger partial charge in [-0.2, -0.15) is 0 Å². The van der Waals surface area contributed by atoms with Gasteiger partial charge in [-0.05, 0) is 18.4 Å². The maximum absolute atomic E-state index is 13.2. The van der Waals surface area contributed by atoms with Crippen molar-refractivity contribution in [1.29, 1.82) is 0 Å². The number of nitrogens with zero attached hydrogens (tertiary/aromatic N) is 4. The molecule has 0 saturated carbocycles. The molecule has 0 spiro atoms. The highest BCUT2D eigenvalue weighted by molar-refractivity contribution is 5.98. The van der Waals surface area contributed by atoms with Crippen molar-refractivity contribution < 1.29 is 9.53 Å². The van der Waals surface area contributed by atoms with E-state index in [2.05, 4.69) is 22.1 Å². The van der Waals surface area contributed by atoms with E-state index in [9.17, 15) is 4.79 Å². The van der Waals surface area contributed by atoms with Gasteiger partial charge in [-0.1, -0.05) is 30.3 Å². The maximum Gasteiger partial charge on any atom is 0.276 e. The summed E-state index contributed by atoms with van der Waals surface area (Å²) in [5.74, 6) is -0.0803. The zero-order chi connectivity index (χ0) is 17.1. The Kier molecular flexibility index (Phi) is 4.43. The minimum absolute atomic E-state index is 0.0803. The molecule has 0 N–H and O–H groups in total. The van der Waals surface area contributed by atoms with Gasteiger partial charge in [-0.3, -0.25) is 4.79 Å². The van der Waals surface area contributed by atoms with E-state index < -0.39 is 0 Å². The molecule has 6 nitrogen and oxygen atoms in total. The molecule has 1 unspecified atom stereocenters. The standard InChI is InChI=1S/C19H20N4O2/c24-19(17-18-21-9-12-22(18)11-8-20-17)23(16-7-13-25-14-16)10-6-15-4-2-1-3-5-15/h1-5,8-9,11-12,16H,6-7,10,13-14H2. The van der Waals surface area contributed by atoms with Gasteiger partial charge in [0.15, 0.2) is 11.3 Å². The highest BCUT2D eigenvalue weighted by atomic mass is 16.5. The summed E-state index contributed by atoms with van der Waals surface area (Å²) in [7, 11) is 0. The third-order valence-corrected chi connectivity index (χ3v) is 4.61. The monoisotopic (exact) mass is 336 g/mol. The lowest BCUT2D eigenvalue weighted by Gasteiger charge is -2.28. The number of hydrogen-bond acceptors (Lipinski definition) is 4. The van der Waals surface area contributed by atoms with E-state index in [1.807, 2.05) is 33.7 Å². The van der Waals surface area contributed by atoms with E-state index in [0.29, 0.717) is 31.1 Å². The average Bonchev–Trinajstić information content (AvgIpc) is 3.34. The molecule has 1 aromatic carbocycles. The van der Waals surface area contributed by atoms with Crippen LogP contribution in [0.1, 0.15) is 22.5 Å². The van der Waals surface area contributed by atoms with Gasteiger partial charge in [0.1, 0.15) is 0 Å². The first-order chi connectivity index (χ1) is 12.3. The lowest BCUT2D eigenvalue weighted by Crippen LogP contribution is -2.42. The molecule has 3 heterocycles. The van der Waals surface area contributed by atoms with Crippen molar-refractivity contribution in [2.24, 2.45) is 0 Å². The van der Waals surface area contributed by atoms with E-state index >= 15 is 0 Å². The number of amides is 1. The highest BCUT2D eigenvalue weighted by Crippen LogP contribution is 2.18. The Morgan fingerprint density at radius 1 is 1.20 bits per heavy atom. The molecule has 4 rings (SSSR count). The molecular weight excluding hydrogens is 316 g/mol. The van der Waals surface area contributed by atoms with Crippen LogP contribution in [0.3, 0.4) is 0 Å². The Morgan fingerprint density at radius 2 is 2.00 bits per heavy atom. The summed E-state index contributed by atoms with van der Waals surface area (Å²) in [6.45, 7) is 1.92. The Morgan fingerprint density at radius 3 is 2.76 bits per heavy atom. The molecule has 0 aliphatic carbocycles. The number of fused-ring (bicyclic) bond motifs is 1. The number of benzene rings is 1. The molecule has 1 atom stereocenters. The minimum atomic E-state index is -0.0803. The molecule has 1 amide bonds. The predicted octanol–water partition coefficient (Wildman–Crippen LogP) is 2.20. The second kappa shape index (κ2) is 7.03. The lowest BCUT2D eigenvalue weighted by atomic mass is 10.1. The van der Waals surface area contributed by atoms with Gasteiger partial charge in [0.05, 0.1) is 12.6 Å². The summed E-state index contributed by atoms with van der Waals surface area (Å²) in [5.41, 5.74) is 2.20. The first kappa shape index (κ1) is 15.8. The number of ether oxygens (including phenoxy) is 1. The molecule has 2 aromatic heterocycles. The van der Waals surface area contributed by atoms with Gasteiger partial charge in [-0.15, -0.1) is 0 Å². The fourth-order valence-electron chi connectivity index (χ4n) is 3.25. The summed E-state index contributed by atoms with van der Waals surface area (Å²) in [6, 6.07) is 10.3. The van der Waals surface area contributed by atoms with Crippen LogP contribution < -0.4 is 0 Å². The Hall–Kier alpha value is -2.73. The van der Waals surface area contributed by atoms with E-state index in [4.69, 9.17) is 4.74 Å². The summed E-state index contributed by atoms with van der Waals surface area (Å²) < 4.78 is 7.33. The van der Waals surface area contributed by atoms with E-state index in [0.717, 1.165) is 12.8 Å². The predicted molar refractivity (Wildman–Crippen MR) is 93.4 cm³/mol. The summed E-state index contributed by atoms with van der Waals surface area (Å²) in [6.07, 6.45) is 8.61. The smallest absolute Gasteiger partial charge is 0.276 e. The van der Waals surface area contributed by atoms with Crippen LogP contribution in [0, 0.1) is 0 Å². The molecule has 0 bridgehead atoms. The fourth-order valence-corrected chi connectivity index (χ4v) is 3.25. The quantitative estimate of drug-likeness (QED) is 0.717. The number of carbonyl (C=O) groups is 1. The minimum Gasteiger partial charge on any atom is -0.379 e. The van der Waals surface area contributed by atoms with Crippen molar-refractivity contribution in [1.82, 2.24) is 19.3 Å². The number of imidazole rings is 1. The molecule has 0 radical (unpaired) electrons. The summed E-state index contributed by atoms with van der Waals surface area (Å²) in [4.78, 5) is 23.7. The van der Waals surface area contributed by atoms with Crippen LogP contribution in [0.25, 0.3) is 5.65 Å². The van der Waals surface area contributed by atoms with Crippen molar-refractivity contribution in [2.75, 3.05) is 19.8 Å². The van der Waals surface area contributed by atoms with Crippen LogP contribution >= 0.6 is 0 Å². The van der Waals surface area contributed by atoms with Crippen LogP contribution in [-0.2, 0) is 11.2 Å². The Bertz CT molecular complexity index is 856. The van der Waals surface area contributed by atoms with Gasteiger partial charge in [-0.25, -0.2) is 9.97 Å². The van der Waals surface area contributed by atoms with Crippen molar-refractivity contribution >= 4 is 11.6 Å². The second-order valence-corrected chi connectivity index (χ2v) is 6.19. The number of carbonyl (C=O) groups excluding carboxylic acids is 1. The molecule has 25 heavy (non-hydrogen) atoms. The van der Waals surface area contributed by atoms with Crippen LogP contribution in [0.2, 0.25) is 0 Å². The average molecular weight is 336 g/mol. The van der Waals surface area contributed by atoms with Gasteiger partial charge in [0.2, 0.25) is 0 Å². The maximum atomic E-state index is 13.2. The van der Waals surface area contributed by atoms with Crippen LogP contribution in [0.4, 0.5) is 0 Å². The first-order valence-electron chi connectivity index (χ1n) is 8.53. The second-order valence-electron chi connectivity index (χ2n) is 6.19. The van der Waals surface area contributed by atoms with Crippen molar-refractivity contribution in [2.45, 2.75) is 18.9 Å². The fraction of sp³-hybridized carbons (Fsp3) is 0.316. The van der Waals surface area contributed by atoms with E-state index in [1.54, 1.807) is 18.6 Å². The number of rotatable bonds is 5. The zero-order valence-electron chi connectivity index (χ0n) is 13.9. The summed E-state index contributed by atoms with van der Waals surface area (Å²) >= 11 is 0. The van der Waals surface area contributed by atoms with E-state index in [-0.39, 0.29) is 11.9 Å². The van der Waals surface area contributed by atoms with Gasteiger partial charge >= 0.3 is 0 Å². The Labute approximate surface area is 146 Å². The van der Waals surface area contributed by atoms with Crippen molar-refractivity contribution in [3.05, 3.63) is 66.4 Å². The van der Waals surface area contributed by atoms with Crippen LogP contribution in [0.15, 0.2) is 55.1 Å². The first-order valence-corrected chi connectivity index (χ1v) is 8.53. The van der Waals surface area contributed by atoms with E-state index in [1.165, 1.54) is 5.56 Å². The zero-order valence-corrected chi connectivity index (χ0v) is 13.9. The molecule has 1 fully saturated rings. The highest BCUT2D eigenvalue weighted by Gasteiger charge is 2.30. The molecule has 3 aromatic rings.